The second kappa shape index (κ2) is 18.6. The normalized spacial score (nSPS) is 12.3. The first-order valence-electron chi connectivity index (χ1n) is 9.92. The number of hydrogen-bond donors (Lipinski definition) is 2. The van der Waals surface area contributed by atoms with Crippen LogP contribution in [0.15, 0.2) is 0 Å². The number of nitrogens with zero attached hydrogens (tertiary/aromatic N) is 1. The Hall–Kier alpha value is -1.43. The van der Waals surface area contributed by atoms with Crippen LogP contribution in [0, 0.1) is 5.92 Å². The highest BCUT2D eigenvalue weighted by Gasteiger charge is 2.26. The lowest BCUT2D eigenvalue weighted by molar-refractivity contribution is -0.130. The van der Waals surface area contributed by atoms with Gasteiger partial charge in [-0.1, -0.05) is 13.8 Å². The molecule has 0 fully saturated rings. The molecule has 1 unspecified atom stereocenters. The van der Waals surface area contributed by atoms with Crippen LogP contribution in [-0.4, -0.2) is 95.3 Å². The van der Waals surface area contributed by atoms with Gasteiger partial charge in [0.2, 0.25) is 5.91 Å². The van der Waals surface area contributed by atoms with Crippen LogP contribution in [0.1, 0.15) is 26.7 Å². The van der Waals surface area contributed by atoms with E-state index >= 15 is 0 Å². The van der Waals surface area contributed by atoms with Crippen LogP contribution in [0.2, 0.25) is 0 Å². The van der Waals surface area contributed by atoms with Gasteiger partial charge >= 0.3 is 0 Å². The smallest absolute Gasteiger partial charge is 0.237 e. The predicted molar refractivity (Wildman–Crippen MR) is 107 cm³/mol. The van der Waals surface area contributed by atoms with Gasteiger partial charge in [-0.15, -0.1) is 0 Å². The first kappa shape index (κ1) is 27.6. The van der Waals surface area contributed by atoms with Gasteiger partial charge < -0.3 is 29.2 Å². The molecular formula is C19H37N3O7. The second-order valence-corrected chi connectivity index (χ2v) is 6.84. The number of ether oxygens (including phenoxy) is 3. The molecule has 0 saturated heterocycles. The molecular weight excluding hydrogens is 382 g/mol. The van der Waals surface area contributed by atoms with Crippen LogP contribution in [-0.2, 0) is 33.4 Å². The molecule has 0 bridgehead atoms. The zero-order valence-corrected chi connectivity index (χ0v) is 17.9. The molecule has 0 radical (unpaired) electrons. The van der Waals surface area contributed by atoms with Gasteiger partial charge in [0.25, 0.3) is 0 Å². The lowest BCUT2D eigenvalue weighted by Gasteiger charge is -2.30. The lowest BCUT2D eigenvalue weighted by atomic mass is 10.0. The summed E-state index contributed by atoms with van der Waals surface area (Å²) >= 11 is 0. The van der Waals surface area contributed by atoms with Gasteiger partial charge in [0.05, 0.1) is 58.8 Å². The summed E-state index contributed by atoms with van der Waals surface area (Å²) in [5.41, 5.74) is 0. The Balaban J connectivity index is 3.95. The van der Waals surface area contributed by atoms with Gasteiger partial charge in [-0.05, 0) is 13.0 Å². The summed E-state index contributed by atoms with van der Waals surface area (Å²) in [7, 11) is 1.85. The van der Waals surface area contributed by atoms with E-state index in [1.165, 1.54) is 0 Å². The molecule has 29 heavy (non-hydrogen) atoms. The first-order valence-corrected chi connectivity index (χ1v) is 9.92. The van der Waals surface area contributed by atoms with Gasteiger partial charge in [-0.2, -0.15) is 0 Å². The maximum atomic E-state index is 12.4. The highest BCUT2D eigenvalue weighted by molar-refractivity contribution is 5.89. The van der Waals surface area contributed by atoms with Crippen LogP contribution in [0.4, 0.5) is 0 Å². The van der Waals surface area contributed by atoms with E-state index in [4.69, 9.17) is 20.1 Å². The topological polar surface area (TPSA) is 129 Å². The molecule has 10 nitrogen and oxygen atoms in total. The van der Waals surface area contributed by atoms with Crippen molar-refractivity contribution in [3.8, 4) is 0 Å². The summed E-state index contributed by atoms with van der Waals surface area (Å²) in [6.45, 7) is 7.49. The van der Waals surface area contributed by atoms with Crippen LogP contribution >= 0.6 is 0 Å². The molecule has 0 aromatic carbocycles. The number of aldehydes is 1. The SMILES string of the molecule is CC(C)C(C(=O)NCC(=O)CCC=O)N(C)CCOCCOCCOCCON. The van der Waals surface area contributed by atoms with Crippen molar-refractivity contribution in [3.63, 3.8) is 0 Å². The number of likely N-dealkylation sites (N-methyl/N-ethyl adjacent to an activating group) is 1. The van der Waals surface area contributed by atoms with E-state index in [0.717, 1.165) is 0 Å². The van der Waals surface area contributed by atoms with E-state index in [-0.39, 0.29) is 43.0 Å². The zero-order chi connectivity index (χ0) is 21.9. The third-order valence-electron chi connectivity index (χ3n) is 4.05. The molecule has 0 aromatic rings. The lowest BCUT2D eigenvalue weighted by Crippen LogP contribution is -2.50. The van der Waals surface area contributed by atoms with Crippen molar-refractivity contribution in [2.75, 3.05) is 66.4 Å². The second-order valence-electron chi connectivity index (χ2n) is 6.84. The maximum Gasteiger partial charge on any atom is 0.237 e. The van der Waals surface area contributed by atoms with E-state index in [0.29, 0.717) is 59.1 Å². The Kier molecular flexibility index (Phi) is 17.7. The molecule has 0 aromatic heterocycles. The largest absolute Gasteiger partial charge is 0.378 e. The van der Waals surface area contributed by atoms with E-state index in [1.54, 1.807) is 0 Å². The number of Topliss-reactive ketones (excluding diaryl/α,β-unsaturated/α-hetero) is 1. The fourth-order valence-electron chi connectivity index (χ4n) is 2.61. The summed E-state index contributed by atoms with van der Waals surface area (Å²) < 4.78 is 16.1. The number of amides is 1. The molecule has 0 saturated carbocycles. The summed E-state index contributed by atoms with van der Waals surface area (Å²) in [6.07, 6.45) is 1.03. The molecule has 0 aliphatic rings. The van der Waals surface area contributed by atoms with Crippen molar-refractivity contribution in [1.29, 1.82) is 0 Å². The summed E-state index contributed by atoms with van der Waals surface area (Å²) in [5.74, 6) is 4.58. The molecule has 0 heterocycles. The summed E-state index contributed by atoms with van der Waals surface area (Å²) in [4.78, 5) is 40.6. The van der Waals surface area contributed by atoms with E-state index in [2.05, 4.69) is 10.2 Å². The van der Waals surface area contributed by atoms with Crippen LogP contribution in [0.25, 0.3) is 0 Å². The predicted octanol–water partition coefficient (Wildman–Crippen LogP) is -0.453. The maximum absolute atomic E-state index is 12.4. The Morgan fingerprint density at radius 3 is 2.07 bits per heavy atom. The van der Waals surface area contributed by atoms with Crippen molar-refractivity contribution in [3.05, 3.63) is 0 Å². The monoisotopic (exact) mass is 419 g/mol. The zero-order valence-electron chi connectivity index (χ0n) is 17.9. The van der Waals surface area contributed by atoms with Gasteiger partial charge in [-0.3, -0.25) is 14.5 Å². The molecule has 0 aliphatic heterocycles. The van der Waals surface area contributed by atoms with Crippen LogP contribution in [0.3, 0.4) is 0 Å². The number of ketones is 1. The van der Waals surface area contributed by atoms with Crippen molar-refractivity contribution in [2.45, 2.75) is 32.7 Å². The molecule has 170 valence electrons. The van der Waals surface area contributed by atoms with E-state index in [9.17, 15) is 14.4 Å². The van der Waals surface area contributed by atoms with Crippen molar-refractivity contribution in [2.24, 2.45) is 11.8 Å². The molecule has 10 heteroatoms. The third-order valence-corrected chi connectivity index (χ3v) is 4.05. The fraction of sp³-hybridized carbons (Fsp3) is 0.842. The molecule has 0 aliphatic carbocycles. The average molecular weight is 420 g/mol. The van der Waals surface area contributed by atoms with Crippen molar-refractivity contribution in [1.82, 2.24) is 10.2 Å². The quantitative estimate of drug-likeness (QED) is 0.153. The first-order chi connectivity index (χ1) is 13.9. The summed E-state index contributed by atoms with van der Waals surface area (Å²) in [5, 5.41) is 2.66. The number of nitrogens with two attached hydrogens (primary N) is 1. The third kappa shape index (κ3) is 15.1. The Morgan fingerprint density at radius 2 is 1.55 bits per heavy atom. The molecule has 0 spiro atoms. The Labute approximate surface area is 173 Å². The minimum absolute atomic E-state index is 0.0550. The standard InChI is InChI=1S/C19H37N3O7/c1-16(2)18(19(25)21-15-17(24)5-4-7-23)22(3)6-8-26-9-10-27-11-12-28-13-14-29-20/h7,16,18H,4-6,8-15,20H2,1-3H3,(H,21,25). The van der Waals surface area contributed by atoms with Gasteiger partial charge in [0, 0.05) is 19.4 Å². The average Bonchev–Trinajstić information content (AvgIpc) is 2.68. The number of carbonyl (C=O) groups is 3. The number of rotatable bonds is 20. The van der Waals surface area contributed by atoms with Gasteiger partial charge in [-0.25, -0.2) is 5.90 Å². The van der Waals surface area contributed by atoms with Gasteiger partial charge in [0.15, 0.2) is 5.78 Å². The highest BCUT2D eigenvalue weighted by atomic mass is 16.6. The molecule has 1 atom stereocenters. The molecule has 0 rings (SSSR count). The van der Waals surface area contributed by atoms with Crippen LogP contribution in [0.5, 0.6) is 0 Å². The van der Waals surface area contributed by atoms with E-state index in [1.807, 2.05) is 25.8 Å². The number of nitrogens with one attached hydrogen (secondary N) is 1. The van der Waals surface area contributed by atoms with Crippen molar-refractivity contribution < 1.29 is 33.4 Å². The van der Waals surface area contributed by atoms with Crippen molar-refractivity contribution >= 4 is 18.0 Å². The van der Waals surface area contributed by atoms with E-state index < -0.39 is 0 Å². The Morgan fingerprint density at radius 1 is 1.00 bits per heavy atom. The molecule has 3 N–H and O–H groups in total. The summed E-state index contributed by atoms with van der Waals surface area (Å²) in [6, 6.07) is -0.372. The Bertz CT molecular complexity index is 450. The minimum Gasteiger partial charge on any atom is -0.378 e. The highest BCUT2D eigenvalue weighted by Crippen LogP contribution is 2.09. The number of hydrogen-bond acceptors (Lipinski definition) is 9. The van der Waals surface area contributed by atoms with Gasteiger partial charge in [0.1, 0.15) is 6.29 Å². The van der Waals surface area contributed by atoms with Crippen LogP contribution < -0.4 is 11.2 Å². The number of carbonyl (C=O) groups excluding carboxylic acids is 3. The minimum atomic E-state index is -0.372. The molecule has 1 amide bonds. The fourth-order valence-corrected chi connectivity index (χ4v) is 2.61.